The van der Waals surface area contributed by atoms with Crippen molar-refractivity contribution in [1.29, 1.82) is 0 Å². The van der Waals surface area contributed by atoms with Crippen LogP contribution in [0.3, 0.4) is 0 Å². The van der Waals surface area contributed by atoms with Crippen LogP contribution in [0.25, 0.3) is 0 Å². The van der Waals surface area contributed by atoms with Gasteiger partial charge in [-0.15, -0.1) is 11.8 Å². The average molecular weight is 205 g/mol. The van der Waals surface area contributed by atoms with Crippen LogP contribution in [-0.4, -0.2) is 16.1 Å². The molecule has 0 atom stereocenters. The Morgan fingerprint density at radius 3 is 3.00 bits per heavy atom. The van der Waals surface area contributed by atoms with Gasteiger partial charge in [-0.25, -0.2) is 4.98 Å². The number of imidazole rings is 1. The topological polar surface area (TPSA) is 29.9 Å². The van der Waals surface area contributed by atoms with Crippen LogP contribution in [0, 0.1) is 11.8 Å². The molecule has 82 valence electrons. The van der Waals surface area contributed by atoms with Gasteiger partial charge in [0.05, 0.1) is 12.0 Å². The predicted molar refractivity (Wildman–Crippen MR) is 62.4 cm³/mol. The molecule has 0 aromatic carbocycles. The Labute approximate surface area is 91.9 Å². The molecule has 0 spiro atoms. The summed E-state index contributed by atoms with van der Waals surface area (Å²) in [4.78, 5) is 4.15. The van der Waals surface area contributed by atoms with Crippen molar-refractivity contribution in [2.24, 2.45) is 0 Å². The average Bonchev–Trinajstić information content (AvgIpc) is 2.66. The molecule has 1 aromatic heterocycles. The summed E-state index contributed by atoms with van der Waals surface area (Å²) >= 11 is 0. The van der Waals surface area contributed by atoms with Gasteiger partial charge in [-0.2, -0.15) is 0 Å². The largest absolute Gasteiger partial charge is 0.331 e. The van der Waals surface area contributed by atoms with E-state index >= 15 is 0 Å². The molecule has 0 saturated heterocycles. The first kappa shape index (κ1) is 11.8. The van der Waals surface area contributed by atoms with E-state index in [9.17, 15) is 0 Å². The highest BCUT2D eigenvalue weighted by molar-refractivity contribution is 5.00. The molecule has 0 fully saturated rings. The SMILES string of the molecule is CC#CCCNCc1cncn1C(C)C. The molecule has 3 heteroatoms. The van der Waals surface area contributed by atoms with E-state index < -0.39 is 0 Å². The monoisotopic (exact) mass is 205 g/mol. The van der Waals surface area contributed by atoms with E-state index in [-0.39, 0.29) is 0 Å². The number of aromatic nitrogens is 2. The second-order valence-corrected chi connectivity index (χ2v) is 3.74. The third-order valence-corrected chi connectivity index (χ3v) is 2.21. The normalized spacial score (nSPS) is 10.1. The summed E-state index contributed by atoms with van der Waals surface area (Å²) in [6, 6.07) is 0.472. The molecule has 0 aliphatic carbocycles. The van der Waals surface area contributed by atoms with Gasteiger partial charge in [0.15, 0.2) is 0 Å². The van der Waals surface area contributed by atoms with Crippen molar-refractivity contribution < 1.29 is 0 Å². The molecule has 0 amide bonds. The summed E-state index contributed by atoms with van der Waals surface area (Å²) in [6.07, 6.45) is 4.71. The molecule has 0 aliphatic rings. The number of hydrogen-bond acceptors (Lipinski definition) is 2. The van der Waals surface area contributed by atoms with Crippen molar-refractivity contribution in [1.82, 2.24) is 14.9 Å². The molecule has 3 nitrogen and oxygen atoms in total. The van der Waals surface area contributed by atoms with Gasteiger partial charge in [0.1, 0.15) is 0 Å². The minimum atomic E-state index is 0.472. The summed E-state index contributed by atoms with van der Waals surface area (Å²) in [5, 5.41) is 3.35. The highest BCUT2D eigenvalue weighted by Gasteiger charge is 2.03. The molecule has 0 aliphatic heterocycles. The summed E-state index contributed by atoms with van der Waals surface area (Å²) in [5.74, 6) is 5.91. The van der Waals surface area contributed by atoms with E-state index in [0.717, 1.165) is 19.5 Å². The smallest absolute Gasteiger partial charge is 0.0951 e. The first-order chi connectivity index (χ1) is 7.25. The van der Waals surface area contributed by atoms with Gasteiger partial charge < -0.3 is 9.88 Å². The van der Waals surface area contributed by atoms with E-state index in [0.29, 0.717) is 6.04 Å². The lowest BCUT2D eigenvalue weighted by Gasteiger charge is -2.11. The van der Waals surface area contributed by atoms with Crippen LogP contribution in [0.1, 0.15) is 38.9 Å². The van der Waals surface area contributed by atoms with Gasteiger partial charge >= 0.3 is 0 Å². The fraction of sp³-hybridized carbons (Fsp3) is 0.583. The summed E-state index contributed by atoms with van der Waals surface area (Å²) < 4.78 is 2.18. The Morgan fingerprint density at radius 2 is 2.33 bits per heavy atom. The van der Waals surface area contributed by atoms with Crippen molar-refractivity contribution >= 4 is 0 Å². The van der Waals surface area contributed by atoms with Crippen molar-refractivity contribution in [2.75, 3.05) is 6.54 Å². The molecule has 1 heterocycles. The lowest BCUT2D eigenvalue weighted by Crippen LogP contribution is -2.17. The van der Waals surface area contributed by atoms with Crippen LogP contribution >= 0.6 is 0 Å². The van der Waals surface area contributed by atoms with Crippen LogP contribution in [0.15, 0.2) is 12.5 Å². The fourth-order valence-electron chi connectivity index (χ4n) is 1.43. The minimum Gasteiger partial charge on any atom is -0.331 e. The van der Waals surface area contributed by atoms with Crippen molar-refractivity contribution in [3.8, 4) is 11.8 Å². The van der Waals surface area contributed by atoms with Crippen molar-refractivity contribution in [3.63, 3.8) is 0 Å². The van der Waals surface area contributed by atoms with Crippen LogP contribution in [-0.2, 0) is 6.54 Å². The molecule has 0 saturated carbocycles. The third kappa shape index (κ3) is 3.77. The first-order valence-electron chi connectivity index (χ1n) is 5.36. The Kier molecular flexibility index (Phi) is 4.92. The predicted octanol–water partition coefficient (Wildman–Crippen LogP) is 1.97. The van der Waals surface area contributed by atoms with Gasteiger partial charge in [0.2, 0.25) is 0 Å². The van der Waals surface area contributed by atoms with Crippen LogP contribution in [0.5, 0.6) is 0 Å². The molecule has 1 aromatic rings. The van der Waals surface area contributed by atoms with Gasteiger partial charge in [-0.1, -0.05) is 0 Å². The maximum atomic E-state index is 4.15. The zero-order valence-electron chi connectivity index (χ0n) is 9.75. The first-order valence-corrected chi connectivity index (χ1v) is 5.36. The second-order valence-electron chi connectivity index (χ2n) is 3.74. The highest BCUT2D eigenvalue weighted by atomic mass is 15.1. The van der Waals surface area contributed by atoms with E-state index in [1.54, 1.807) is 0 Å². The molecule has 0 unspecified atom stereocenters. The van der Waals surface area contributed by atoms with Gasteiger partial charge in [0, 0.05) is 31.7 Å². The Bertz CT molecular complexity index is 341. The van der Waals surface area contributed by atoms with Crippen LogP contribution < -0.4 is 5.32 Å². The maximum Gasteiger partial charge on any atom is 0.0951 e. The molecule has 0 bridgehead atoms. The van der Waals surface area contributed by atoms with Crippen molar-refractivity contribution in [2.45, 2.75) is 39.8 Å². The zero-order valence-corrected chi connectivity index (χ0v) is 9.75. The number of rotatable bonds is 5. The Balaban J connectivity index is 2.36. The number of hydrogen-bond donors (Lipinski definition) is 1. The molecule has 1 rings (SSSR count). The van der Waals surface area contributed by atoms with E-state index in [1.165, 1.54) is 5.69 Å². The second kappa shape index (κ2) is 6.26. The van der Waals surface area contributed by atoms with E-state index in [4.69, 9.17) is 0 Å². The van der Waals surface area contributed by atoms with Gasteiger partial charge in [0.25, 0.3) is 0 Å². The summed E-state index contributed by atoms with van der Waals surface area (Å²) in [7, 11) is 0. The minimum absolute atomic E-state index is 0.472. The van der Waals surface area contributed by atoms with Gasteiger partial charge in [-0.3, -0.25) is 0 Å². The standard InChI is InChI=1S/C12H19N3/c1-4-5-6-7-13-8-12-9-14-10-15(12)11(2)3/h9-11,13H,6-8H2,1-3H3. The lowest BCUT2D eigenvalue weighted by atomic mass is 10.3. The quantitative estimate of drug-likeness (QED) is 0.588. The molecular formula is C12H19N3. The molecule has 15 heavy (non-hydrogen) atoms. The Morgan fingerprint density at radius 1 is 1.53 bits per heavy atom. The lowest BCUT2D eigenvalue weighted by molar-refractivity contribution is 0.553. The fourth-order valence-corrected chi connectivity index (χ4v) is 1.43. The van der Waals surface area contributed by atoms with Crippen LogP contribution in [0.4, 0.5) is 0 Å². The van der Waals surface area contributed by atoms with E-state index in [1.807, 2.05) is 19.4 Å². The zero-order chi connectivity index (χ0) is 11.1. The molecule has 1 N–H and O–H groups in total. The number of nitrogens with zero attached hydrogens (tertiary/aromatic N) is 2. The molecular weight excluding hydrogens is 186 g/mol. The third-order valence-electron chi connectivity index (χ3n) is 2.21. The maximum absolute atomic E-state index is 4.15. The molecule has 0 radical (unpaired) electrons. The van der Waals surface area contributed by atoms with Crippen LogP contribution in [0.2, 0.25) is 0 Å². The summed E-state index contributed by atoms with van der Waals surface area (Å²) in [5.41, 5.74) is 1.23. The summed E-state index contributed by atoms with van der Waals surface area (Å²) in [6.45, 7) is 7.99. The highest BCUT2D eigenvalue weighted by Crippen LogP contribution is 2.07. The Hall–Kier alpha value is -1.27. The number of nitrogens with one attached hydrogen (secondary N) is 1. The van der Waals surface area contributed by atoms with E-state index in [2.05, 4.69) is 40.6 Å². The van der Waals surface area contributed by atoms with Gasteiger partial charge in [-0.05, 0) is 20.8 Å². The van der Waals surface area contributed by atoms with Crippen molar-refractivity contribution in [3.05, 3.63) is 18.2 Å².